The fraction of sp³-hybridized carbons (Fsp3) is 0.588. The van der Waals surface area contributed by atoms with E-state index >= 15 is 0 Å². The summed E-state index contributed by atoms with van der Waals surface area (Å²) in [6.07, 6.45) is 3.33. The van der Waals surface area contributed by atoms with Gasteiger partial charge in [0.1, 0.15) is 11.8 Å². The van der Waals surface area contributed by atoms with E-state index in [1.54, 1.807) is 12.1 Å². The van der Waals surface area contributed by atoms with Gasteiger partial charge in [-0.3, -0.25) is 10.1 Å². The summed E-state index contributed by atoms with van der Waals surface area (Å²) in [7, 11) is 0. The highest BCUT2D eigenvalue weighted by Gasteiger charge is 2.40. The van der Waals surface area contributed by atoms with Crippen molar-refractivity contribution in [1.29, 1.82) is 0 Å². The first-order chi connectivity index (χ1) is 10.1. The van der Waals surface area contributed by atoms with Crippen molar-refractivity contribution in [3.63, 3.8) is 0 Å². The van der Waals surface area contributed by atoms with Crippen LogP contribution in [-0.4, -0.2) is 23.1 Å². The predicted octanol–water partition coefficient (Wildman–Crippen LogP) is 2.35. The molecule has 3 rings (SSSR count). The Balaban J connectivity index is 1.76. The molecule has 0 bridgehead atoms. The van der Waals surface area contributed by atoms with Crippen LogP contribution in [-0.2, 0) is 4.79 Å². The van der Waals surface area contributed by atoms with Gasteiger partial charge in [0.2, 0.25) is 5.91 Å². The normalized spacial score (nSPS) is 32.6. The Hall–Kier alpha value is -1.55. The number of nitrogens with one attached hydrogen (secondary N) is 2. The zero-order valence-electron chi connectivity index (χ0n) is 12.7. The molecule has 1 saturated carbocycles. The van der Waals surface area contributed by atoms with Gasteiger partial charge in [-0.1, -0.05) is 32.0 Å². The fourth-order valence-corrected chi connectivity index (χ4v) is 3.69. The SMILES string of the molecule is CC(C)C1CCC2NC(c3ccccc3O)C(=O)NC2C1. The van der Waals surface area contributed by atoms with E-state index in [0.717, 1.165) is 12.8 Å². The largest absolute Gasteiger partial charge is 0.508 e. The number of fused-ring (bicyclic) bond motifs is 1. The highest BCUT2D eigenvalue weighted by molar-refractivity contribution is 5.85. The van der Waals surface area contributed by atoms with Crippen LogP contribution in [0.1, 0.15) is 44.7 Å². The number of benzene rings is 1. The molecular formula is C17H24N2O2. The zero-order chi connectivity index (χ0) is 15.0. The fourth-order valence-electron chi connectivity index (χ4n) is 3.69. The number of hydrogen-bond acceptors (Lipinski definition) is 3. The maximum absolute atomic E-state index is 12.4. The highest BCUT2D eigenvalue weighted by Crippen LogP contribution is 2.35. The first kappa shape index (κ1) is 14.4. The molecule has 3 N–H and O–H groups in total. The molecular weight excluding hydrogens is 264 g/mol. The highest BCUT2D eigenvalue weighted by atomic mass is 16.3. The van der Waals surface area contributed by atoms with Crippen molar-refractivity contribution in [3.8, 4) is 5.75 Å². The molecule has 1 aliphatic carbocycles. The average Bonchev–Trinajstić information content (AvgIpc) is 2.46. The van der Waals surface area contributed by atoms with Crippen molar-refractivity contribution < 1.29 is 9.90 Å². The number of amides is 1. The Morgan fingerprint density at radius 3 is 2.67 bits per heavy atom. The lowest BCUT2D eigenvalue weighted by atomic mass is 9.75. The van der Waals surface area contributed by atoms with E-state index in [4.69, 9.17) is 0 Å². The third-order valence-corrected chi connectivity index (χ3v) is 5.05. The second-order valence-corrected chi connectivity index (χ2v) is 6.70. The minimum Gasteiger partial charge on any atom is -0.508 e. The van der Waals surface area contributed by atoms with Crippen molar-refractivity contribution in [2.24, 2.45) is 11.8 Å². The molecule has 1 saturated heterocycles. The molecule has 4 heteroatoms. The lowest BCUT2D eigenvalue weighted by Gasteiger charge is -2.44. The minimum absolute atomic E-state index is 0.0258. The Bertz CT molecular complexity index is 529. The quantitative estimate of drug-likeness (QED) is 0.783. The van der Waals surface area contributed by atoms with Crippen LogP contribution >= 0.6 is 0 Å². The molecule has 1 amide bonds. The topological polar surface area (TPSA) is 61.4 Å². The zero-order valence-corrected chi connectivity index (χ0v) is 12.7. The lowest BCUT2D eigenvalue weighted by molar-refractivity contribution is -0.127. The van der Waals surface area contributed by atoms with Crippen LogP contribution in [0.4, 0.5) is 0 Å². The molecule has 1 aliphatic heterocycles. The van der Waals surface area contributed by atoms with Gasteiger partial charge in [0, 0.05) is 17.6 Å². The lowest BCUT2D eigenvalue weighted by Crippen LogP contribution is -2.62. The maximum atomic E-state index is 12.4. The molecule has 4 nitrogen and oxygen atoms in total. The number of carbonyl (C=O) groups excluding carboxylic acids is 1. The van der Waals surface area contributed by atoms with Crippen molar-refractivity contribution >= 4 is 5.91 Å². The van der Waals surface area contributed by atoms with Gasteiger partial charge in [-0.15, -0.1) is 0 Å². The van der Waals surface area contributed by atoms with Gasteiger partial charge in [-0.25, -0.2) is 0 Å². The van der Waals surface area contributed by atoms with Crippen molar-refractivity contribution in [2.75, 3.05) is 0 Å². The number of piperazine rings is 1. The molecule has 0 radical (unpaired) electrons. The van der Waals surface area contributed by atoms with Gasteiger partial charge in [0.25, 0.3) is 0 Å². The summed E-state index contributed by atoms with van der Waals surface area (Å²) in [6, 6.07) is 7.16. The number of carbonyl (C=O) groups is 1. The first-order valence-corrected chi connectivity index (χ1v) is 7.90. The summed E-state index contributed by atoms with van der Waals surface area (Å²) in [5.41, 5.74) is 0.666. The molecule has 0 spiro atoms. The van der Waals surface area contributed by atoms with Crippen molar-refractivity contribution in [3.05, 3.63) is 29.8 Å². The second-order valence-electron chi connectivity index (χ2n) is 6.70. The van der Waals surface area contributed by atoms with Crippen LogP contribution < -0.4 is 10.6 Å². The van der Waals surface area contributed by atoms with Crippen LogP contribution in [0, 0.1) is 11.8 Å². The third kappa shape index (κ3) is 2.77. The van der Waals surface area contributed by atoms with E-state index < -0.39 is 6.04 Å². The van der Waals surface area contributed by atoms with E-state index in [1.165, 1.54) is 6.42 Å². The third-order valence-electron chi connectivity index (χ3n) is 5.05. The number of para-hydroxylation sites is 1. The summed E-state index contributed by atoms with van der Waals surface area (Å²) < 4.78 is 0. The van der Waals surface area contributed by atoms with Crippen molar-refractivity contribution in [1.82, 2.24) is 10.6 Å². The molecule has 2 fully saturated rings. The summed E-state index contributed by atoms with van der Waals surface area (Å²) in [6.45, 7) is 4.52. The van der Waals surface area contributed by atoms with Gasteiger partial charge in [-0.2, -0.15) is 0 Å². The van der Waals surface area contributed by atoms with Gasteiger partial charge in [0.15, 0.2) is 0 Å². The number of phenolic OH excluding ortho intramolecular Hbond substituents is 1. The maximum Gasteiger partial charge on any atom is 0.242 e. The molecule has 2 aliphatic rings. The predicted molar refractivity (Wildman–Crippen MR) is 81.9 cm³/mol. The van der Waals surface area contributed by atoms with Gasteiger partial charge >= 0.3 is 0 Å². The number of rotatable bonds is 2. The average molecular weight is 288 g/mol. The Kier molecular flexibility index (Phi) is 3.89. The molecule has 1 aromatic rings. The smallest absolute Gasteiger partial charge is 0.242 e. The first-order valence-electron chi connectivity index (χ1n) is 7.90. The molecule has 114 valence electrons. The van der Waals surface area contributed by atoms with E-state index in [9.17, 15) is 9.90 Å². The van der Waals surface area contributed by atoms with E-state index in [-0.39, 0.29) is 17.7 Å². The number of aromatic hydroxyl groups is 1. The van der Waals surface area contributed by atoms with Crippen LogP contribution in [0.15, 0.2) is 24.3 Å². The summed E-state index contributed by atoms with van der Waals surface area (Å²) in [5.74, 6) is 1.51. The molecule has 0 aromatic heterocycles. The van der Waals surface area contributed by atoms with Crippen LogP contribution in [0.25, 0.3) is 0 Å². The summed E-state index contributed by atoms with van der Waals surface area (Å²) in [4.78, 5) is 12.4. The monoisotopic (exact) mass is 288 g/mol. The number of hydrogen-bond donors (Lipinski definition) is 3. The minimum atomic E-state index is -0.442. The van der Waals surface area contributed by atoms with Crippen molar-refractivity contribution in [2.45, 2.75) is 51.2 Å². The van der Waals surface area contributed by atoms with Gasteiger partial charge in [-0.05, 0) is 37.2 Å². The Morgan fingerprint density at radius 1 is 1.19 bits per heavy atom. The molecule has 1 aromatic carbocycles. The Morgan fingerprint density at radius 2 is 1.95 bits per heavy atom. The molecule has 1 heterocycles. The second kappa shape index (κ2) is 5.68. The summed E-state index contributed by atoms with van der Waals surface area (Å²) in [5, 5.41) is 16.6. The van der Waals surface area contributed by atoms with E-state index in [0.29, 0.717) is 23.4 Å². The van der Waals surface area contributed by atoms with Crippen LogP contribution in [0.2, 0.25) is 0 Å². The van der Waals surface area contributed by atoms with Gasteiger partial charge < -0.3 is 10.4 Å². The Labute approximate surface area is 125 Å². The molecule has 21 heavy (non-hydrogen) atoms. The molecule has 4 unspecified atom stereocenters. The van der Waals surface area contributed by atoms with Gasteiger partial charge in [0.05, 0.1) is 0 Å². The van der Waals surface area contributed by atoms with E-state index in [2.05, 4.69) is 24.5 Å². The standard InChI is InChI=1S/C17H24N2O2/c1-10(2)11-7-8-13-14(9-11)19-17(21)16(18-13)12-5-3-4-6-15(12)20/h3-6,10-11,13-14,16,18,20H,7-9H2,1-2H3,(H,19,21). The molecule has 4 atom stereocenters. The van der Waals surface area contributed by atoms with Crippen LogP contribution in [0.3, 0.4) is 0 Å². The number of phenols is 1. The summed E-state index contributed by atoms with van der Waals surface area (Å²) >= 11 is 0. The van der Waals surface area contributed by atoms with Crippen LogP contribution in [0.5, 0.6) is 5.75 Å². The van der Waals surface area contributed by atoms with E-state index in [1.807, 2.05) is 12.1 Å².